The maximum Gasteiger partial charge on any atom is 0.259 e. The zero-order valence-corrected chi connectivity index (χ0v) is 16.5. The highest BCUT2D eigenvalue weighted by Gasteiger charge is 2.31. The molecule has 1 unspecified atom stereocenters. The van der Waals surface area contributed by atoms with Gasteiger partial charge in [0.25, 0.3) is 5.91 Å². The minimum Gasteiger partial charge on any atom is -0.354 e. The Morgan fingerprint density at radius 1 is 1.10 bits per heavy atom. The maximum absolute atomic E-state index is 12.8. The Morgan fingerprint density at radius 2 is 1.79 bits per heavy atom. The summed E-state index contributed by atoms with van der Waals surface area (Å²) >= 11 is 0. The van der Waals surface area contributed by atoms with Crippen molar-refractivity contribution in [1.82, 2.24) is 14.8 Å². The Morgan fingerprint density at radius 3 is 2.41 bits per heavy atom. The summed E-state index contributed by atoms with van der Waals surface area (Å²) in [5.74, 6) is 3.74. The summed E-state index contributed by atoms with van der Waals surface area (Å²) in [6, 6.07) is 14.5. The zero-order valence-electron chi connectivity index (χ0n) is 15.7. The van der Waals surface area contributed by atoms with Gasteiger partial charge in [-0.25, -0.2) is 18.9 Å². The summed E-state index contributed by atoms with van der Waals surface area (Å²) in [7, 11) is -3.74. The second kappa shape index (κ2) is 9.52. The summed E-state index contributed by atoms with van der Waals surface area (Å²) < 4.78 is 27.0. The first-order chi connectivity index (χ1) is 14.0. The van der Waals surface area contributed by atoms with Gasteiger partial charge in [0.05, 0.1) is 5.75 Å². The molecule has 9 heteroatoms. The second-order valence-electron chi connectivity index (χ2n) is 6.52. The lowest BCUT2D eigenvalue weighted by atomic mass is 10.1. The van der Waals surface area contributed by atoms with Gasteiger partial charge in [0.15, 0.2) is 0 Å². The minimum atomic E-state index is -3.74. The van der Waals surface area contributed by atoms with E-state index < -0.39 is 27.6 Å². The summed E-state index contributed by atoms with van der Waals surface area (Å²) in [4.78, 5) is 18.3. The van der Waals surface area contributed by atoms with Gasteiger partial charge in [-0.2, -0.15) is 4.31 Å². The Labute approximate surface area is 170 Å². The average molecular weight is 414 g/mol. The number of pyridine rings is 1. The molecule has 1 aromatic heterocycles. The molecule has 1 aliphatic rings. The minimum absolute atomic E-state index is 0.290. The Kier molecular flexibility index (Phi) is 6.82. The quantitative estimate of drug-likeness (QED) is 0.424. The van der Waals surface area contributed by atoms with Crippen molar-refractivity contribution in [1.29, 1.82) is 0 Å². The summed E-state index contributed by atoms with van der Waals surface area (Å²) in [6.45, 7) is 1.59. The molecule has 1 amide bonds. The van der Waals surface area contributed by atoms with Crippen LogP contribution in [0.15, 0.2) is 54.7 Å². The number of carbonyl (C=O) groups is 1. The number of carbonyl (C=O) groups excluding carboxylic acids is 1. The number of anilines is 1. The van der Waals surface area contributed by atoms with Gasteiger partial charge >= 0.3 is 0 Å². The lowest BCUT2D eigenvalue weighted by Gasteiger charge is -2.34. The van der Waals surface area contributed by atoms with Crippen molar-refractivity contribution in [3.63, 3.8) is 0 Å². The lowest BCUT2D eigenvalue weighted by molar-refractivity contribution is -0.131. The molecule has 2 N–H and O–H groups in total. The van der Waals surface area contributed by atoms with Crippen molar-refractivity contribution in [2.45, 2.75) is 0 Å². The monoisotopic (exact) mass is 414 g/mol. The molecule has 3 rings (SSSR count). The largest absolute Gasteiger partial charge is 0.354 e. The highest BCUT2D eigenvalue weighted by molar-refractivity contribution is 7.89. The molecule has 152 valence electrons. The first-order valence-electron chi connectivity index (χ1n) is 9.14. The molecule has 1 fully saturated rings. The Balaban J connectivity index is 1.68. The third-order valence-electron chi connectivity index (χ3n) is 4.57. The van der Waals surface area contributed by atoms with Gasteiger partial charge in [-0.15, -0.1) is 0 Å². The molecular formula is C20H22N4O4S. The van der Waals surface area contributed by atoms with Crippen molar-refractivity contribution in [3.8, 4) is 11.8 Å². The van der Waals surface area contributed by atoms with Crippen LogP contribution in [0.2, 0.25) is 0 Å². The number of benzene rings is 1. The molecule has 0 spiro atoms. The number of piperazine rings is 1. The number of sulfonamides is 1. The fourth-order valence-electron chi connectivity index (χ4n) is 3.00. The van der Waals surface area contributed by atoms with E-state index in [2.05, 4.69) is 16.8 Å². The predicted molar refractivity (Wildman–Crippen MR) is 109 cm³/mol. The van der Waals surface area contributed by atoms with Gasteiger partial charge in [-0.3, -0.25) is 10.0 Å². The fourth-order valence-corrected chi connectivity index (χ4v) is 4.59. The fraction of sp³-hybridized carbons (Fsp3) is 0.300. The van der Waals surface area contributed by atoms with Crippen LogP contribution in [-0.4, -0.2) is 60.8 Å². The van der Waals surface area contributed by atoms with Crippen LogP contribution in [0.3, 0.4) is 0 Å². The highest BCUT2D eigenvalue weighted by Crippen LogP contribution is 2.16. The number of nitrogens with zero attached hydrogens (tertiary/aromatic N) is 3. The molecule has 0 radical (unpaired) electrons. The molecule has 0 bridgehead atoms. The molecule has 1 aliphatic heterocycles. The average Bonchev–Trinajstić information content (AvgIpc) is 2.77. The van der Waals surface area contributed by atoms with E-state index in [0.717, 1.165) is 5.82 Å². The van der Waals surface area contributed by atoms with Crippen molar-refractivity contribution < 1.29 is 18.4 Å². The van der Waals surface area contributed by atoms with Crippen LogP contribution in [0.25, 0.3) is 0 Å². The van der Waals surface area contributed by atoms with Crippen LogP contribution >= 0.6 is 0 Å². The number of nitrogens with one attached hydrogen (secondary N) is 1. The predicted octanol–water partition coefficient (Wildman–Crippen LogP) is 0.707. The SMILES string of the molecule is O=C(NO)C(C#Cc1ccccc1)CS(=O)(=O)N1CCN(c2ccccn2)CC1. The molecule has 2 aromatic rings. The van der Waals surface area contributed by atoms with E-state index in [1.165, 1.54) is 9.79 Å². The Bertz CT molecular complexity index is 979. The number of hydroxylamine groups is 1. The molecule has 8 nitrogen and oxygen atoms in total. The van der Waals surface area contributed by atoms with E-state index in [4.69, 9.17) is 5.21 Å². The Hall–Kier alpha value is -2.93. The van der Waals surface area contributed by atoms with Crippen molar-refractivity contribution in [3.05, 3.63) is 60.3 Å². The van der Waals surface area contributed by atoms with Crippen LogP contribution in [0, 0.1) is 17.8 Å². The highest BCUT2D eigenvalue weighted by atomic mass is 32.2. The van der Waals surface area contributed by atoms with Gasteiger partial charge in [0.1, 0.15) is 11.7 Å². The van der Waals surface area contributed by atoms with Crippen LogP contribution in [0.4, 0.5) is 5.82 Å². The third-order valence-corrected chi connectivity index (χ3v) is 6.48. The van der Waals surface area contributed by atoms with E-state index in [9.17, 15) is 13.2 Å². The lowest BCUT2D eigenvalue weighted by Crippen LogP contribution is -2.50. The number of hydrogen-bond acceptors (Lipinski definition) is 6. The van der Waals surface area contributed by atoms with Gasteiger partial charge in [0.2, 0.25) is 10.0 Å². The van der Waals surface area contributed by atoms with Gasteiger partial charge in [-0.1, -0.05) is 36.1 Å². The summed E-state index contributed by atoms with van der Waals surface area (Å²) in [6.07, 6.45) is 1.70. The molecule has 0 aliphatic carbocycles. The van der Waals surface area contributed by atoms with Crippen molar-refractivity contribution in [2.75, 3.05) is 36.8 Å². The topological polar surface area (TPSA) is 103 Å². The molecule has 1 saturated heterocycles. The molecule has 2 heterocycles. The first kappa shape index (κ1) is 20.8. The second-order valence-corrected chi connectivity index (χ2v) is 8.53. The van der Waals surface area contributed by atoms with Crippen LogP contribution in [-0.2, 0) is 14.8 Å². The van der Waals surface area contributed by atoms with Gasteiger partial charge < -0.3 is 4.90 Å². The van der Waals surface area contributed by atoms with E-state index in [1.54, 1.807) is 30.5 Å². The van der Waals surface area contributed by atoms with Crippen LogP contribution < -0.4 is 10.4 Å². The smallest absolute Gasteiger partial charge is 0.259 e. The molecule has 0 saturated carbocycles. The normalized spacial score (nSPS) is 15.8. The number of hydrogen-bond donors (Lipinski definition) is 2. The molecule has 1 aromatic carbocycles. The number of amides is 1. The van der Waals surface area contributed by atoms with Gasteiger partial charge in [-0.05, 0) is 24.3 Å². The van der Waals surface area contributed by atoms with Gasteiger partial charge in [0, 0.05) is 37.9 Å². The first-order valence-corrected chi connectivity index (χ1v) is 10.7. The van der Waals surface area contributed by atoms with E-state index in [-0.39, 0.29) is 0 Å². The van der Waals surface area contributed by atoms with Crippen molar-refractivity contribution >= 4 is 21.7 Å². The van der Waals surface area contributed by atoms with Crippen molar-refractivity contribution in [2.24, 2.45) is 5.92 Å². The molecular weight excluding hydrogens is 392 g/mol. The molecule has 29 heavy (non-hydrogen) atoms. The zero-order chi connectivity index (χ0) is 20.7. The standard InChI is InChI=1S/C20H22N4O4S/c25-20(22-26)18(10-9-17-6-2-1-3-7-17)16-29(27,28)24-14-12-23(13-15-24)19-8-4-5-11-21-19/h1-8,11,18,26H,12-16H2,(H,22,25). The third kappa shape index (κ3) is 5.54. The maximum atomic E-state index is 12.8. The van der Waals surface area contributed by atoms with E-state index >= 15 is 0 Å². The number of rotatable bonds is 5. The van der Waals surface area contributed by atoms with Crippen LogP contribution in [0.5, 0.6) is 0 Å². The summed E-state index contributed by atoms with van der Waals surface area (Å²) in [5.41, 5.74) is 2.17. The number of aromatic nitrogens is 1. The van der Waals surface area contributed by atoms with E-state index in [0.29, 0.717) is 31.7 Å². The molecule has 1 atom stereocenters. The summed E-state index contributed by atoms with van der Waals surface area (Å²) in [5, 5.41) is 8.98. The van der Waals surface area contributed by atoms with Crippen LogP contribution in [0.1, 0.15) is 5.56 Å². The van der Waals surface area contributed by atoms with E-state index in [1.807, 2.05) is 29.2 Å².